The van der Waals surface area contributed by atoms with Crippen LogP contribution in [-0.2, 0) is 12.8 Å². The fourth-order valence-electron chi connectivity index (χ4n) is 2.40. The van der Waals surface area contributed by atoms with Crippen LogP contribution in [0.4, 0.5) is 4.39 Å². The Labute approximate surface area is 127 Å². The Bertz CT molecular complexity index is 793. The standard InChI is InChI=1S/C16H15ClFN3/c1-3-12-9-19-21-15(17)14(10(2)20-16(12)21)8-11-4-6-13(18)7-5-11/h4-7,9H,3,8H2,1-2H3. The molecule has 2 heterocycles. The Balaban J connectivity index is 2.08. The number of nitrogens with zero attached hydrogens (tertiary/aromatic N) is 3. The maximum atomic E-state index is 13.0. The van der Waals surface area contributed by atoms with Crippen LogP contribution in [0.1, 0.15) is 29.3 Å². The normalized spacial score (nSPS) is 11.2. The molecule has 3 rings (SSSR count). The van der Waals surface area contributed by atoms with Gasteiger partial charge in [0.2, 0.25) is 0 Å². The van der Waals surface area contributed by atoms with E-state index in [1.54, 1.807) is 22.8 Å². The molecule has 0 bridgehead atoms. The Kier molecular flexibility index (Phi) is 3.64. The lowest BCUT2D eigenvalue weighted by Gasteiger charge is -2.10. The van der Waals surface area contributed by atoms with Gasteiger partial charge in [-0.05, 0) is 31.0 Å². The summed E-state index contributed by atoms with van der Waals surface area (Å²) >= 11 is 6.48. The molecule has 3 nitrogen and oxygen atoms in total. The van der Waals surface area contributed by atoms with Gasteiger partial charge in [0.15, 0.2) is 5.65 Å². The molecule has 0 unspecified atom stereocenters. The number of halogens is 2. The Morgan fingerprint density at radius 2 is 1.95 bits per heavy atom. The summed E-state index contributed by atoms with van der Waals surface area (Å²) in [5.74, 6) is -0.241. The van der Waals surface area contributed by atoms with Gasteiger partial charge in [-0.1, -0.05) is 30.7 Å². The van der Waals surface area contributed by atoms with E-state index in [2.05, 4.69) is 17.0 Å². The van der Waals surface area contributed by atoms with Crippen LogP contribution < -0.4 is 0 Å². The van der Waals surface area contributed by atoms with Crippen molar-refractivity contribution in [3.8, 4) is 0 Å². The van der Waals surface area contributed by atoms with Crippen LogP contribution >= 0.6 is 11.6 Å². The van der Waals surface area contributed by atoms with Crippen molar-refractivity contribution in [2.45, 2.75) is 26.7 Å². The molecule has 3 aromatic rings. The fourth-order valence-corrected chi connectivity index (χ4v) is 2.73. The van der Waals surface area contributed by atoms with Crippen LogP contribution in [0.5, 0.6) is 0 Å². The van der Waals surface area contributed by atoms with Crippen LogP contribution in [0, 0.1) is 12.7 Å². The Hall–Kier alpha value is -1.94. The third-order valence-electron chi connectivity index (χ3n) is 3.64. The molecule has 0 fully saturated rings. The first-order chi connectivity index (χ1) is 10.1. The highest BCUT2D eigenvalue weighted by molar-refractivity contribution is 6.30. The second kappa shape index (κ2) is 5.45. The molecule has 0 aliphatic heterocycles. The molecular formula is C16H15ClFN3. The van der Waals surface area contributed by atoms with Gasteiger partial charge in [-0.25, -0.2) is 13.9 Å². The van der Waals surface area contributed by atoms with Gasteiger partial charge in [-0.15, -0.1) is 0 Å². The predicted octanol–water partition coefficient (Wildman–Crippen LogP) is 3.98. The number of aryl methyl sites for hydroxylation is 2. The van der Waals surface area contributed by atoms with Crippen molar-refractivity contribution in [2.24, 2.45) is 0 Å². The quantitative estimate of drug-likeness (QED) is 0.685. The minimum atomic E-state index is -0.241. The van der Waals surface area contributed by atoms with Crippen molar-refractivity contribution in [1.29, 1.82) is 0 Å². The molecule has 0 aliphatic rings. The Morgan fingerprint density at radius 1 is 1.24 bits per heavy atom. The molecule has 0 amide bonds. The number of hydrogen-bond donors (Lipinski definition) is 0. The molecule has 0 saturated carbocycles. The lowest BCUT2D eigenvalue weighted by Crippen LogP contribution is -2.04. The maximum Gasteiger partial charge on any atom is 0.160 e. The van der Waals surface area contributed by atoms with E-state index in [0.29, 0.717) is 11.6 Å². The molecule has 0 radical (unpaired) electrons. The van der Waals surface area contributed by atoms with E-state index in [4.69, 9.17) is 11.6 Å². The Morgan fingerprint density at radius 3 is 2.62 bits per heavy atom. The number of benzene rings is 1. The van der Waals surface area contributed by atoms with Gasteiger partial charge in [0.1, 0.15) is 11.0 Å². The minimum absolute atomic E-state index is 0.241. The first-order valence-electron chi connectivity index (χ1n) is 6.86. The van der Waals surface area contributed by atoms with Gasteiger partial charge in [-0.3, -0.25) is 0 Å². The van der Waals surface area contributed by atoms with Crippen molar-refractivity contribution in [2.75, 3.05) is 0 Å². The second-order valence-corrected chi connectivity index (χ2v) is 5.39. The maximum absolute atomic E-state index is 13.0. The lowest BCUT2D eigenvalue weighted by atomic mass is 10.1. The summed E-state index contributed by atoms with van der Waals surface area (Å²) < 4.78 is 14.7. The van der Waals surface area contributed by atoms with E-state index in [9.17, 15) is 4.39 Å². The molecule has 0 spiro atoms. The zero-order valence-corrected chi connectivity index (χ0v) is 12.7. The number of hydrogen-bond acceptors (Lipinski definition) is 2. The highest BCUT2D eigenvalue weighted by Crippen LogP contribution is 2.24. The summed E-state index contributed by atoms with van der Waals surface area (Å²) in [7, 11) is 0. The fraction of sp³-hybridized carbons (Fsp3) is 0.250. The minimum Gasteiger partial charge on any atom is -0.233 e. The van der Waals surface area contributed by atoms with E-state index < -0.39 is 0 Å². The van der Waals surface area contributed by atoms with Gasteiger partial charge < -0.3 is 0 Å². The van der Waals surface area contributed by atoms with E-state index in [1.165, 1.54) is 12.1 Å². The molecule has 0 aliphatic carbocycles. The van der Waals surface area contributed by atoms with E-state index in [1.807, 2.05) is 6.92 Å². The molecule has 0 atom stereocenters. The third-order valence-corrected chi connectivity index (χ3v) is 4.03. The van der Waals surface area contributed by atoms with Crippen molar-refractivity contribution in [1.82, 2.24) is 14.6 Å². The molecule has 108 valence electrons. The zero-order valence-electron chi connectivity index (χ0n) is 11.9. The SMILES string of the molecule is CCc1cnn2c(Cl)c(Cc3ccc(F)cc3)c(C)nc12. The molecule has 1 aromatic carbocycles. The highest BCUT2D eigenvalue weighted by atomic mass is 35.5. The first-order valence-corrected chi connectivity index (χ1v) is 7.24. The monoisotopic (exact) mass is 303 g/mol. The largest absolute Gasteiger partial charge is 0.233 e. The summed E-state index contributed by atoms with van der Waals surface area (Å²) in [4.78, 5) is 4.62. The van der Waals surface area contributed by atoms with Crippen LogP contribution in [0.15, 0.2) is 30.5 Å². The molecular weight excluding hydrogens is 289 g/mol. The van der Waals surface area contributed by atoms with E-state index in [0.717, 1.165) is 34.5 Å². The van der Waals surface area contributed by atoms with E-state index >= 15 is 0 Å². The lowest BCUT2D eigenvalue weighted by molar-refractivity contribution is 0.627. The van der Waals surface area contributed by atoms with Crippen LogP contribution in [0.2, 0.25) is 5.15 Å². The summed E-state index contributed by atoms with van der Waals surface area (Å²) in [5.41, 5.74) is 4.68. The van der Waals surface area contributed by atoms with Crippen molar-refractivity contribution in [3.63, 3.8) is 0 Å². The van der Waals surface area contributed by atoms with Crippen molar-refractivity contribution in [3.05, 3.63) is 63.8 Å². The second-order valence-electron chi connectivity index (χ2n) is 5.03. The van der Waals surface area contributed by atoms with Gasteiger partial charge in [0, 0.05) is 23.2 Å². The van der Waals surface area contributed by atoms with Crippen LogP contribution in [0.3, 0.4) is 0 Å². The summed E-state index contributed by atoms with van der Waals surface area (Å²) in [6.45, 7) is 4.01. The van der Waals surface area contributed by atoms with Crippen molar-refractivity contribution >= 4 is 17.2 Å². The topological polar surface area (TPSA) is 30.2 Å². The van der Waals surface area contributed by atoms with Gasteiger partial charge in [0.05, 0.1) is 6.20 Å². The summed E-state index contributed by atoms with van der Waals surface area (Å²) in [5, 5.41) is 4.88. The van der Waals surface area contributed by atoms with E-state index in [-0.39, 0.29) is 5.82 Å². The number of fused-ring (bicyclic) bond motifs is 1. The van der Waals surface area contributed by atoms with Crippen LogP contribution in [-0.4, -0.2) is 14.6 Å². The molecule has 21 heavy (non-hydrogen) atoms. The summed E-state index contributed by atoms with van der Waals surface area (Å²) in [6, 6.07) is 6.42. The highest BCUT2D eigenvalue weighted by Gasteiger charge is 2.14. The average molecular weight is 304 g/mol. The van der Waals surface area contributed by atoms with Gasteiger partial charge in [-0.2, -0.15) is 5.10 Å². The molecule has 0 N–H and O–H groups in total. The average Bonchev–Trinajstić information content (AvgIpc) is 2.88. The van der Waals surface area contributed by atoms with Gasteiger partial charge >= 0.3 is 0 Å². The molecule has 5 heteroatoms. The molecule has 0 saturated heterocycles. The predicted molar refractivity (Wildman–Crippen MR) is 81.3 cm³/mol. The number of aromatic nitrogens is 3. The molecule has 2 aromatic heterocycles. The van der Waals surface area contributed by atoms with Crippen LogP contribution in [0.25, 0.3) is 5.65 Å². The van der Waals surface area contributed by atoms with Crippen molar-refractivity contribution < 1.29 is 4.39 Å². The first kappa shape index (κ1) is 14.0. The third kappa shape index (κ3) is 2.51. The summed E-state index contributed by atoms with van der Waals surface area (Å²) in [6.07, 6.45) is 3.27. The smallest absolute Gasteiger partial charge is 0.160 e. The zero-order chi connectivity index (χ0) is 15.0. The number of rotatable bonds is 3. The van der Waals surface area contributed by atoms with Gasteiger partial charge in [0.25, 0.3) is 0 Å².